The van der Waals surface area contributed by atoms with Gasteiger partial charge in [0.25, 0.3) is 5.89 Å². The van der Waals surface area contributed by atoms with Crippen LogP contribution < -0.4 is 0 Å². The maximum absolute atomic E-state index is 5.57. The Balaban J connectivity index is 2.09. The minimum Gasteiger partial charge on any atom is -0.347 e. The lowest BCUT2D eigenvalue weighted by molar-refractivity contribution is -0.141. The molecule has 0 aromatic carbocycles. The first-order valence-electron chi connectivity index (χ1n) is 4.75. The second-order valence-electron chi connectivity index (χ2n) is 3.72. The van der Waals surface area contributed by atoms with Crippen LogP contribution in [0.1, 0.15) is 38.6 Å². The van der Waals surface area contributed by atoms with Gasteiger partial charge in [0.2, 0.25) is 0 Å². The highest BCUT2D eigenvalue weighted by Gasteiger charge is 2.36. The molecule has 1 aliphatic rings. The number of hydrogen-bond donors (Lipinski definition) is 0. The van der Waals surface area contributed by atoms with Crippen molar-refractivity contribution in [2.24, 2.45) is 0 Å². The smallest absolute Gasteiger partial charge is 0.258 e. The van der Waals surface area contributed by atoms with Gasteiger partial charge in [0.05, 0.1) is 6.61 Å². The second kappa shape index (κ2) is 3.33. The van der Waals surface area contributed by atoms with Crippen LogP contribution in [0.4, 0.5) is 0 Å². The number of aromatic nitrogens is 2. The molecule has 0 bridgehead atoms. The fourth-order valence-electron chi connectivity index (χ4n) is 1.35. The molecular weight excluding hydrogens is 184 g/mol. The molecule has 1 atom stereocenters. The summed E-state index contributed by atoms with van der Waals surface area (Å²) in [6.45, 7) is 6.18. The lowest BCUT2D eigenvalue weighted by Gasteiger charge is -2.15. The average molecular weight is 198 g/mol. The summed E-state index contributed by atoms with van der Waals surface area (Å²) >= 11 is 0. The lowest BCUT2D eigenvalue weighted by atomic mass is 10.3. The maximum Gasteiger partial charge on any atom is 0.258 e. The SMILES string of the molecule is CCc1noc(C2COC(C)(C)O2)n1. The summed E-state index contributed by atoms with van der Waals surface area (Å²) in [5.74, 6) is 0.659. The van der Waals surface area contributed by atoms with E-state index < -0.39 is 5.79 Å². The Bertz CT molecular complexity index is 322. The van der Waals surface area contributed by atoms with Gasteiger partial charge in [0.1, 0.15) is 0 Å². The molecule has 0 aliphatic carbocycles. The second-order valence-corrected chi connectivity index (χ2v) is 3.72. The van der Waals surface area contributed by atoms with Gasteiger partial charge >= 0.3 is 0 Å². The number of hydrogen-bond acceptors (Lipinski definition) is 5. The largest absolute Gasteiger partial charge is 0.347 e. The van der Waals surface area contributed by atoms with Gasteiger partial charge in [-0.15, -0.1) is 0 Å². The van der Waals surface area contributed by atoms with Crippen LogP contribution in [0.15, 0.2) is 4.52 Å². The summed E-state index contributed by atoms with van der Waals surface area (Å²) in [6, 6.07) is 0. The Hall–Kier alpha value is -0.940. The molecule has 1 aromatic heterocycles. The van der Waals surface area contributed by atoms with Gasteiger partial charge in [-0.1, -0.05) is 12.1 Å². The summed E-state index contributed by atoms with van der Waals surface area (Å²) in [6.07, 6.45) is 0.540. The number of nitrogens with zero attached hydrogens (tertiary/aromatic N) is 2. The minimum absolute atomic E-state index is 0.224. The molecule has 5 heteroatoms. The zero-order chi connectivity index (χ0) is 10.2. The van der Waals surface area contributed by atoms with Gasteiger partial charge in [-0.05, 0) is 13.8 Å². The molecule has 1 saturated heterocycles. The van der Waals surface area contributed by atoms with E-state index in [0.29, 0.717) is 18.3 Å². The van der Waals surface area contributed by atoms with Crippen LogP contribution in [0.25, 0.3) is 0 Å². The van der Waals surface area contributed by atoms with E-state index >= 15 is 0 Å². The van der Waals surface area contributed by atoms with Gasteiger partial charge in [0, 0.05) is 6.42 Å². The zero-order valence-electron chi connectivity index (χ0n) is 8.61. The third kappa shape index (κ3) is 1.78. The molecule has 0 amide bonds. The number of aryl methyl sites for hydroxylation is 1. The van der Waals surface area contributed by atoms with Gasteiger partial charge in [-0.3, -0.25) is 0 Å². The van der Waals surface area contributed by atoms with Crippen molar-refractivity contribution >= 4 is 0 Å². The Morgan fingerprint density at radius 2 is 2.29 bits per heavy atom. The van der Waals surface area contributed by atoms with E-state index in [9.17, 15) is 0 Å². The molecule has 2 heterocycles. The molecule has 0 N–H and O–H groups in total. The topological polar surface area (TPSA) is 57.4 Å². The van der Waals surface area contributed by atoms with E-state index in [1.807, 2.05) is 20.8 Å². The molecule has 5 nitrogen and oxygen atoms in total. The van der Waals surface area contributed by atoms with Crippen molar-refractivity contribution in [2.45, 2.75) is 39.1 Å². The van der Waals surface area contributed by atoms with Crippen molar-refractivity contribution in [2.75, 3.05) is 6.61 Å². The normalized spacial score (nSPS) is 25.5. The van der Waals surface area contributed by atoms with Gasteiger partial charge in [-0.25, -0.2) is 0 Å². The van der Waals surface area contributed by atoms with Crippen LogP contribution in [0, 0.1) is 0 Å². The molecule has 78 valence electrons. The highest BCUT2D eigenvalue weighted by atomic mass is 16.7. The molecule has 1 unspecified atom stereocenters. The first-order valence-corrected chi connectivity index (χ1v) is 4.75. The predicted molar refractivity (Wildman–Crippen MR) is 47.5 cm³/mol. The first-order chi connectivity index (χ1) is 6.61. The van der Waals surface area contributed by atoms with E-state index in [-0.39, 0.29) is 6.10 Å². The average Bonchev–Trinajstić information content (AvgIpc) is 2.70. The quantitative estimate of drug-likeness (QED) is 0.720. The highest BCUT2D eigenvalue weighted by Crippen LogP contribution is 2.31. The Kier molecular flexibility index (Phi) is 2.28. The van der Waals surface area contributed by atoms with Crippen LogP contribution in [0.5, 0.6) is 0 Å². The van der Waals surface area contributed by atoms with Crippen LogP contribution >= 0.6 is 0 Å². The van der Waals surface area contributed by atoms with E-state index in [1.165, 1.54) is 0 Å². The highest BCUT2D eigenvalue weighted by molar-refractivity contribution is 4.92. The molecule has 1 fully saturated rings. The van der Waals surface area contributed by atoms with E-state index in [4.69, 9.17) is 14.0 Å². The molecule has 1 aromatic rings. The molecule has 0 radical (unpaired) electrons. The molecule has 1 aliphatic heterocycles. The number of ether oxygens (including phenoxy) is 2. The summed E-state index contributed by atoms with van der Waals surface area (Å²) < 4.78 is 16.0. The minimum atomic E-state index is -0.550. The van der Waals surface area contributed by atoms with E-state index in [1.54, 1.807) is 0 Å². The molecular formula is C9H14N2O3. The van der Waals surface area contributed by atoms with Crippen LogP contribution in [0.3, 0.4) is 0 Å². The molecule has 0 saturated carbocycles. The van der Waals surface area contributed by atoms with E-state index in [0.717, 1.165) is 6.42 Å². The zero-order valence-corrected chi connectivity index (χ0v) is 8.61. The molecule has 14 heavy (non-hydrogen) atoms. The number of rotatable bonds is 2. The summed E-state index contributed by atoms with van der Waals surface area (Å²) in [5.41, 5.74) is 0. The standard InChI is InChI=1S/C9H14N2O3/c1-4-7-10-8(14-11-7)6-5-12-9(2,3)13-6/h6H,4-5H2,1-3H3. The maximum atomic E-state index is 5.57. The van der Waals surface area contributed by atoms with Crippen molar-refractivity contribution < 1.29 is 14.0 Å². The van der Waals surface area contributed by atoms with Crippen LogP contribution in [-0.4, -0.2) is 22.5 Å². The lowest BCUT2D eigenvalue weighted by Crippen LogP contribution is -2.19. The predicted octanol–water partition coefficient (Wildman–Crippen LogP) is 1.46. The fraction of sp³-hybridized carbons (Fsp3) is 0.778. The van der Waals surface area contributed by atoms with E-state index in [2.05, 4.69) is 10.1 Å². The van der Waals surface area contributed by atoms with Crippen molar-refractivity contribution in [3.05, 3.63) is 11.7 Å². The third-order valence-electron chi connectivity index (χ3n) is 2.08. The van der Waals surface area contributed by atoms with Crippen molar-refractivity contribution in [1.82, 2.24) is 10.1 Å². The summed E-state index contributed by atoms with van der Waals surface area (Å²) in [5, 5.41) is 3.81. The van der Waals surface area contributed by atoms with Crippen molar-refractivity contribution in [3.63, 3.8) is 0 Å². The summed E-state index contributed by atoms with van der Waals surface area (Å²) in [7, 11) is 0. The Morgan fingerprint density at radius 1 is 1.50 bits per heavy atom. The van der Waals surface area contributed by atoms with Gasteiger partial charge in [0.15, 0.2) is 17.7 Å². The monoisotopic (exact) mass is 198 g/mol. The van der Waals surface area contributed by atoms with Crippen molar-refractivity contribution in [3.8, 4) is 0 Å². The fourth-order valence-corrected chi connectivity index (χ4v) is 1.35. The van der Waals surface area contributed by atoms with Gasteiger partial charge in [-0.2, -0.15) is 4.98 Å². The van der Waals surface area contributed by atoms with Gasteiger partial charge < -0.3 is 14.0 Å². The molecule has 0 spiro atoms. The summed E-state index contributed by atoms with van der Waals surface area (Å²) in [4.78, 5) is 4.19. The first kappa shape index (κ1) is 9.61. The van der Waals surface area contributed by atoms with Crippen LogP contribution in [-0.2, 0) is 15.9 Å². The van der Waals surface area contributed by atoms with Crippen molar-refractivity contribution in [1.29, 1.82) is 0 Å². The Labute approximate surface area is 82.4 Å². The Morgan fingerprint density at radius 3 is 2.79 bits per heavy atom. The molecule has 2 rings (SSSR count). The van der Waals surface area contributed by atoms with Crippen LogP contribution in [0.2, 0.25) is 0 Å². The third-order valence-corrected chi connectivity index (χ3v) is 2.08.